The zero-order valence-corrected chi connectivity index (χ0v) is 15.9. The van der Waals surface area contributed by atoms with Gasteiger partial charge in [0.05, 0.1) is 4.90 Å². The highest BCUT2D eigenvalue weighted by Crippen LogP contribution is 2.22. The summed E-state index contributed by atoms with van der Waals surface area (Å²) < 4.78 is 26.5. The van der Waals surface area contributed by atoms with Crippen molar-refractivity contribution in [1.29, 1.82) is 0 Å². The molecule has 1 aromatic carbocycles. The monoisotopic (exact) mass is 356 g/mol. The van der Waals surface area contributed by atoms with Crippen molar-refractivity contribution in [1.82, 2.24) is 9.62 Å². The molecule has 23 heavy (non-hydrogen) atoms. The molecule has 0 aliphatic carbocycles. The summed E-state index contributed by atoms with van der Waals surface area (Å²) in [5.41, 5.74) is 1.14. The van der Waals surface area contributed by atoms with Gasteiger partial charge < -0.3 is 5.32 Å². The van der Waals surface area contributed by atoms with Crippen molar-refractivity contribution in [3.05, 3.63) is 29.8 Å². The molecule has 0 saturated carbocycles. The van der Waals surface area contributed by atoms with Gasteiger partial charge in [-0.05, 0) is 49.0 Å². The van der Waals surface area contributed by atoms with Crippen molar-refractivity contribution >= 4 is 21.8 Å². The lowest BCUT2D eigenvalue weighted by Crippen LogP contribution is -2.34. The fourth-order valence-corrected chi connectivity index (χ4v) is 5.52. The number of hydrogen-bond donors (Lipinski definition) is 1. The van der Waals surface area contributed by atoms with Crippen molar-refractivity contribution in [2.24, 2.45) is 0 Å². The van der Waals surface area contributed by atoms with Crippen LogP contribution in [0.15, 0.2) is 29.2 Å². The maximum absolute atomic E-state index is 12.5. The summed E-state index contributed by atoms with van der Waals surface area (Å²) >= 11 is 2.02. The topological polar surface area (TPSA) is 49.4 Å². The van der Waals surface area contributed by atoms with Crippen LogP contribution in [0.4, 0.5) is 0 Å². The molecule has 1 aliphatic heterocycles. The summed E-state index contributed by atoms with van der Waals surface area (Å²) in [4.78, 5) is 0.381. The highest BCUT2D eigenvalue weighted by atomic mass is 32.2. The Morgan fingerprint density at radius 2 is 1.74 bits per heavy atom. The molecule has 1 N–H and O–H groups in total. The van der Waals surface area contributed by atoms with Gasteiger partial charge in [-0.3, -0.25) is 0 Å². The van der Waals surface area contributed by atoms with E-state index >= 15 is 0 Å². The summed E-state index contributed by atoms with van der Waals surface area (Å²) in [6.07, 6.45) is 2.42. The summed E-state index contributed by atoms with van der Waals surface area (Å²) in [5, 5.41) is 3.67. The molecule has 1 aromatic rings. The Bertz CT molecular complexity index is 577. The molecule has 0 bridgehead atoms. The molecule has 0 radical (unpaired) electrons. The Labute approximate surface area is 145 Å². The van der Waals surface area contributed by atoms with E-state index in [9.17, 15) is 8.42 Å². The van der Waals surface area contributed by atoms with Crippen LogP contribution < -0.4 is 5.32 Å². The number of nitrogens with zero attached hydrogens (tertiary/aromatic N) is 1. The van der Waals surface area contributed by atoms with Crippen molar-refractivity contribution in [3.8, 4) is 0 Å². The first-order valence-corrected chi connectivity index (χ1v) is 11.0. The molecule has 4 nitrogen and oxygen atoms in total. The number of hydrogen-bond acceptors (Lipinski definition) is 4. The molecule has 0 amide bonds. The van der Waals surface area contributed by atoms with Crippen LogP contribution in [0, 0.1) is 0 Å². The van der Waals surface area contributed by atoms with Gasteiger partial charge in [-0.2, -0.15) is 16.1 Å². The highest BCUT2D eigenvalue weighted by molar-refractivity contribution is 7.99. The average Bonchev–Trinajstić information content (AvgIpc) is 2.56. The summed E-state index contributed by atoms with van der Waals surface area (Å²) in [7, 11) is -3.36. The molecule has 1 aliphatic rings. The van der Waals surface area contributed by atoms with Gasteiger partial charge in [-0.25, -0.2) is 8.42 Å². The zero-order chi connectivity index (χ0) is 16.9. The molecule has 0 spiro atoms. The number of thioether (sulfide) groups is 1. The molecule has 2 rings (SSSR count). The second-order valence-corrected chi connectivity index (χ2v) is 9.10. The minimum absolute atomic E-state index is 0.244. The summed E-state index contributed by atoms with van der Waals surface area (Å²) in [5.74, 6) is 2.46. The van der Waals surface area contributed by atoms with E-state index in [1.165, 1.54) is 28.7 Å². The van der Waals surface area contributed by atoms with E-state index in [2.05, 4.69) is 12.2 Å². The smallest absolute Gasteiger partial charge is 0.243 e. The SMILES string of the molecule is CCN(CC)S(=O)(=O)c1ccc(C(C)NC2CCSCC2)cc1. The van der Waals surface area contributed by atoms with Crippen LogP contribution >= 0.6 is 11.8 Å². The van der Waals surface area contributed by atoms with E-state index in [1.54, 1.807) is 12.1 Å². The predicted molar refractivity (Wildman–Crippen MR) is 98.4 cm³/mol. The van der Waals surface area contributed by atoms with E-state index in [0.29, 0.717) is 24.0 Å². The maximum atomic E-state index is 12.5. The third-order valence-corrected chi connectivity index (χ3v) is 7.54. The van der Waals surface area contributed by atoms with E-state index in [1.807, 2.05) is 37.7 Å². The third kappa shape index (κ3) is 4.72. The molecule has 1 atom stereocenters. The molecule has 6 heteroatoms. The van der Waals surface area contributed by atoms with Crippen LogP contribution in [0.5, 0.6) is 0 Å². The van der Waals surface area contributed by atoms with Gasteiger partial charge in [-0.15, -0.1) is 0 Å². The lowest BCUT2D eigenvalue weighted by Gasteiger charge is -2.26. The quantitative estimate of drug-likeness (QED) is 0.815. The van der Waals surface area contributed by atoms with Crippen molar-refractivity contribution in [2.75, 3.05) is 24.6 Å². The van der Waals surface area contributed by atoms with Gasteiger partial charge in [0.1, 0.15) is 0 Å². The normalized spacial score (nSPS) is 18.3. The second kappa shape index (κ2) is 8.51. The van der Waals surface area contributed by atoms with Gasteiger partial charge in [0.2, 0.25) is 10.0 Å². The first-order chi connectivity index (χ1) is 11.0. The number of sulfonamides is 1. The standard InChI is InChI=1S/C17H28N2O2S2/c1-4-19(5-2)23(20,21)17-8-6-15(7-9-17)14(3)18-16-10-12-22-13-11-16/h6-9,14,16,18H,4-5,10-13H2,1-3H3. The van der Waals surface area contributed by atoms with Crippen molar-refractivity contribution in [2.45, 2.75) is 50.6 Å². The first kappa shape index (κ1) is 18.8. The minimum atomic E-state index is -3.36. The molecular weight excluding hydrogens is 328 g/mol. The molecule has 1 fully saturated rings. The first-order valence-electron chi connectivity index (χ1n) is 8.43. The maximum Gasteiger partial charge on any atom is 0.243 e. The van der Waals surface area contributed by atoms with E-state index in [0.717, 1.165) is 5.56 Å². The number of benzene rings is 1. The minimum Gasteiger partial charge on any atom is -0.307 e. The third-order valence-electron chi connectivity index (χ3n) is 4.43. The predicted octanol–water partition coefficient (Wildman–Crippen LogP) is 3.26. The zero-order valence-electron chi connectivity index (χ0n) is 14.3. The van der Waals surface area contributed by atoms with Crippen LogP contribution in [0.3, 0.4) is 0 Å². The lowest BCUT2D eigenvalue weighted by atomic mass is 10.1. The van der Waals surface area contributed by atoms with Gasteiger partial charge in [-0.1, -0.05) is 26.0 Å². The van der Waals surface area contributed by atoms with Gasteiger partial charge in [0.25, 0.3) is 0 Å². The Morgan fingerprint density at radius 3 is 2.26 bits per heavy atom. The molecule has 0 aromatic heterocycles. The molecule has 1 unspecified atom stereocenters. The molecule has 1 saturated heterocycles. The lowest BCUT2D eigenvalue weighted by molar-refractivity contribution is 0.430. The van der Waals surface area contributed by atoms with Gasteiger partial charge in [0.15, 0.2) is 0 Å². The fourth-order valence-electron chi connectivity index (χ4n) is 2.96. The number of rotatable bonds is 7. The van der Waals surface area contributed by atoms with Crippen LogP contribution in [0.1, 0.15) is 45.2 Å². The van der Waals surface area contributed by atoms with Crippen molar-refractivity contribution in [3.63, 3.8) is 0 Å². The Hall–Kier alpha value is -0.560. The highest BCUT2D eigenvalue weighted by Gasteiger charge is 2.22. The van der Waals surface area contributed by atoms with Crippen LogP contribution in [-0.4, -0.2) is 43.4 Å². The molecule has 1 heterocycles. The molecule has 130 valence electrons. The van der Waals surface area contributed by atoms with Gasteiger partial charge in [0, 0.05) is 25.2 Å². The summed E-state index contributed by atoms with van der Waals surface area (Å²) in [6.45, 7) is 6.87. The Balaban J connectivity index is 2.06. The Kier molecular flexibility index (Phi) is 6.95. The fraction of sp³-hybridized carbons (Fsp3) is 0.647. The van der Waals surface area contributed by atoms with Gasteiger partial charge >= 0.3 is 0 Å². The van der Waals surface area contributed by atoms with Crippen LogP contribution in [-0.2, 0) is 10.0 Å². The average molecular weight is 357 g/mol. The van der Waals surface area contributed by atoms with Crippen LogP contribution in [0.25, 0.3) is 0 Å². The second-order valence-electron chi connectivity index (χ2n) is 5.93. The molecular formula is C17H28N2O2S2. The number of nitrogens with one attached hydrogen (secondary N) is 1. The van der Waals surface area contributed by atoms with Crippen LogP contribution in [0.2, 0.25) is 0 Å². The van der Waals surface area contributed by atoms with Crippen molar-refractivity contribution < 1.29 is 8.42 Å². The summed E-state index contributed by atoms with van der Waals surface area (Å²) in [6, 6.07) is 8.16. The van der Waals surface area contributed by atoms with E-state index in [4.69, 9.17) is 0 Å². The van der Waals surface area contributed by atoms with E-state index in [-0.39, 0.29) is 6.04 Å². The van der Waals surface area contributed by atoms with E-state index < -0.39 is 10.0 Å². The Morgan fingerprint density at radius 1 is 1.17 bits per heavy atom. The largest absolute Gasteiger partial charge is 0.307 e.